The number of hydrogen-bond acceptors (Lipinski definition) is 4. The summed E-state index contributed by atoms with van der Waals surface area (Å²) in [6, 6.07) is 58.0. The summed E-state index contributed by atoms with van der Waals surface area (Å²) in [5, 5.41) is 5.10. The maximum atomic E-state index is 5.07. The first kappa shape index (κ1) is 29.5. The van der Waals surface area contributed by atoms with Gasteiger partial charge in [-0.25, -0.2) is 15.0 Å². The molecule has 0 aliphatic heterocycles. The van der Waals surface area contributed by atoms with E-state index in [2.05, 4.69) is 115 Å². The first-order chi connectivity index (χ1) is 25.2. The third-order valence-electron chi connectivity index (χ3n) is 9.73. The quantitative estimate of drug-likeness (QED) is 0.183. The molecule has 10 rings (SSSR count). The fourth-order valence-electron chi connectivity index (χ4n) is 7.22. The molecule has 0 amide bonds. The van der Waals surface area contributed by atoms with Crippen molar-refractivity contribution < 1.29 is 0 Å². The van der Waals surface area contributed by atoms with E-state index in [1.807, 2.05) is 72.0 Å². The average Bonchev–Trinajstić information content (AvgIpc) is 3.72. The van der Waals surface area contributed by atoms with Crippen LogP contribution in [0.3, 0.4) is 0 Å². The second-order valence-electron chi connectivity index (χ2n) is 13.0. The number of rotatable bonds is 5. The van der Waals surface area contributed by atoms with Crippen molar-refractivity contribution in [3.8, 4) is 51.0 Å². The van der Waals surface area contributed by atoms with Crippen LogP contribution in [0.25, 0.3) is 93.0 Å². The van der Waals surface area contributed by atoms with Gasteiger partial charge in [0.05, 0.1) is 16.7 Å². The molecule has 3 heterocycles. The van der Waals surface area contributed by atoms with Crippen LogP contribution in [0, 0.1) is 6.92 Å². The molecular formula is C46H30N4S. The Bertz CT molecular complexity index is 2850. The van der Waals surface area contributed by atoms with Crippen LogP contribution < -0.4 is 0 Å². The predicted octanol–water partition coefficient (Wildman–Crippen LogP) is 12.3. The number of nitrogens with zero attached hydrogens (tertiary/aromatic N) is 4. The van der Waals surface area contributed by atoms with E-state index in [1.165, 1.54) is 47.5 Å². The molecule has 0 bridgehead atoms. The third kappa shape index (κ3) is 5.01. The second-order valence-corrected chi connectivity index (χ2v) is 14.0. The average molecular weight is 671 g/mol. The molecule has 0 saturated heterocycles. The molecule has 0 saturated carbocycles. The van der Waals surface area contributed by atoms with Crippen LogP contribution in [0.4, 0.5) is 0 Å². The normalized spacial score (nSPS) is 11.6. The molecule has 0 fully saturated rings. The summed E-state index contributed by atoms with van der Waals surface area (Å²) in [5.74, 6) is 1.93. The lowest BCUT2D eigenvalue weighted by Gasteiger charge is -2.16. The van der Waals surface area contributed by atoms with E-state index >= 15 is 0 Å². The van der Waals surface area contributed by atoms with Gasteiger partial charge in [-0.3, -0.25) is 0 Å². The van der Waals surface area contributed by atoms with E-state index in [4.69, 9.17) is 15.0 Å². The van der Waals surface area contributed by atoms with Gasteiger partial charge in [0.25, 0.3) is 0 Å². The minimum atomic E-state index is 0.636. The molecule has 51 heavy (non-hydrogen) atoms. The fourth-order valence-corrected chi connectivity index (χ4v) is 8.34. The Balaban J connectivity index is 1.24. The van der Waals surface area contributed by atoms with Gasteiger partial charge in [0, 0.05) is 53.2 Å². The van der Waals surface area contributed by atoms with E-state index in [-0.39, 0.29) is 0 Å². The molecule has 10 aromatic rings. The number of fused-ring (bicyclic) bond motifs is 6. The summed E-state index contributed by atoms with van der Waals surface area (Å²) in [6.07, 6.45) is 0. The molecule has 3 aromatic heterocycles. The first-order valence-electron chi connectivity index (χ1n) is 17.1. The van der Waals surface area contributed by atoms with Crippen molar-refractivity contribution in [2.75, 3.05) is 0 Å². The van der Waals surface area contributed by atoms with Crippen LogP contribution in [-0.4, -0.2) is 19.5 Å². The van der Waals surface area contributed by atoms with Crippen LogP contribution >= 0.6 is 11.3 Å². The van der Waals surface area contributed by atoms with E-state index in [9.17, 15) is 0 Å². The van der Waals surface area contributed by atoms with Crippen LogP contribution in [0.1, 0.15) is 5.56 Å². The molecule has 0 N–H and O–H groups in total. The molecular weight excluding hydrogens is 641 g/mol. The second kappa shape index (κ2) is 11.9. The summed E-state index contributed by atoms with van der Waals surface area (Å²) >= 11 is 1.86. The van der Waals surface area contributed by atoms with E-state index in [1.54, 1.807) is 0 Å². The van der Waals surface area contributed by atoms with Gasteiger partial charge in [0.1, 0.15) is 0 Å². The first-order valence-corrected chi connectivity index (χ1v) is 17.9. The fraction of sp³-hybridized carbons (Fsp3) is 0.0217. The lowest BCUT2D eigenvalue weighted by atomic mass is 9.99. The number of para-hydroxylation sites is 1. The molecule has 0 spiro atoms. The SMILES string of the molecule is Cc1ccc(-c2cc(-c3nc(-c4ccccc4)nc(-c4ccccc4)n3)ccc2-n2c3ccccc3c3cc4c(cc32)sc2ccccc24)cc1. The van der Waals surface area contributed by atoms with Gasteiger partial charge in [-0.2, -0.15) is 0 Å². The Morgan fingerprint density at radius 1 is 0.412 bits per heavy atom. The van der Waals surface area contributed by atoms with Crippen LogP contribution in [0.5, 0.6) is 0 Å². The van der Waals surface area contributed by atoms with Gasteiger partial charge in [-0.05, 0) is 55.0 Å². The van der Waals surface area contributed by atoms with E-state index in [0.717, 1.165) is 33.5 Å². The van der Waals surface area contributed by atoms with Gasteiger partial charge in [0.15, 0.2) is 17.5 Å². The topological polar surface area (TPSA) is 43.6 Å². The highest BCUT2D eigenvalue weighted by molar-refractivity contribution is 7.25. The molecule has 240 valence electrons. The van der Waals surface area contributed by atoms with Crippen molar-refractivity contribution in [1.29, 1.82) is 0 Å². The number of aromatic nitrogens is 4. The highest BCUT2D eigenvalue weighted by Crippen LogP contribution is 2.42. The van der Waals surface area contributed by atoms with Crippen LogP contribution in [0.15, 0.2) is 164 Å². The monoisotopic (exact) mass is 670 g/mol. The maximum Gasteiger partial charge on any atom is 0.164 e. The molecule has 0 unspecified atom stereocenters. The van der Waals surface area contributed by atoms with Crippen molar-refractivity contribution in [3.05, 3.63) is 169 Å². The minimum Gasteiger partial charge on any atom is -0.309 e. The Kier molecular flexibility index (Phi) is 6.86. The van der Waals surface area contributed by atoms with Crippen molar-refractivity contribution >= 4 is 53.3 Å². The highest BCUT2D eigenvalue weighted by Gasteiger charge is 2.20. The smallest absolute Gasteiger partial charge is 0.164 e. The van der Waals surface area contributed by atoms with Crippen LogP contribution in [-0.2, 0) is 0 Å². The summed E-state index contributed by atoms with van der Waals surface area (Å²) in [6.45, 7) is 2.13. The molecule has 0 aliphatic carbocycles. The van der Waals surface area contributed by atoms with E-state index in [0.29, 0.717) is 17.5 Å². The molecule has 7 aromatic carbocycles. The van der Waals surface area contributed by atoms with Gasteiger partial charge < -0.3 is 4.57 Å². The Hall–Kier alpha value is -6.43. The largest absolute Gasteiger partial charge is 0.309 e. The summed E-state index contributed by atoms with van der Waals surface area (Å²) in [4.78, 5) is 15.1. The number of aryl methyl sites for hydroxylation is 1. The van der Waals surface area contributed by atoms with Crippen molar-refractivity contribution in [2.45, 2.75) is 6.92 Å². The Labute approximate surface area is 299 Å². The molecule has 0 atom stereocenters. The highest BCUT2D eigenvalue weighted by atomic mass is 32.1. The van der Waals surface area contributed by atoms with Crippen molar-refractivity contribution in [1.82, 2.24) is 19.5 Å². The zero-order chi connectivity index (χ0) is 33.9. The van der Waals surface area contributed by atoms with Crippen molar-refractivity contribution in [2.24, 2.45) is 0 Å². The summed E-state index contributed by atoms with van der Waals surface area (Å²) in [7, 11) is 0. The summed E-state index contributed by atoms with van der Waals surface area (Å²) in [5.41, 5.74) is 9.76. The lowest BCUT2D eigenvalue weighted by molar-refractivity contribution is 1.07. The predicted molar refractivity (Wildman–Crippen MR) is 214 cm³/mol. The minimum absolute atomic E-state index is 0.636. The van der Waals surface area contributed by atoms with E-state index < -0.39 is 0 Å². The Morgan fingerprint density at radius 3 is 1.71 bits per heavy atom. The molecule has 0 aliphatic rings. The Morgan fingerprint density at radius 2 is 1.00 bits per heavy atom. The van der Waals surface area contributed by atoms with Gasteiger partial charge in [0.2, 0.25) is 0 Å². The van der Waals surface area contributed by atoms with Gasteiger partial charge in [-0.1, -0.05) is 127 Å². The van der Waals surface area contributed by atoms with Crippen LogP contribution in [0.2, 0.25) is 0 Å². The third-order valence-corrected chi connectivity index (χ3v) is 10.9. The lowest BCUT2D eigenvalue weighted by Crippen LogP contribution is -2.02. The number of benzene rings is 7. The van der Waals surface area contributed by atoms with Crippen molar-refractivity contribution in [3.63, 3.8) is 0 Å². The molecule has 4 nitrogen and oxygen atoms in total. The maximum absolute atomic E-state index is 5.07. The van der Waals surface area contributed by atoms with Gasteiger partial charge >= 0.3 is 0 Å². The zero-order valence-electron chi connectivity index (χ0n) is 27.8. The molecule has 0 radical (unpaired) electrons. The number of hydrogen-bond donors (Lipinski definition) is 0. The number of thiophene rings is 1. The molecule has 5 heteroatoms. The standard InChI is InChI=1S/C46H30N4S/c1-29-20-22-30(23-21-29)36-26-33(46-48-44(31-12-4-2-5-13-31)47-45(49-46)32-14-6-3-7-15-32)24-25-40(36)50-39-18-10-8-16-34(39)37-27-38-35-17-9-11-19-42(35)51-43(38)28-41(37)50/h2-28H,1H3. The zero-order valence-corrected chi connectivity index (χ0v) is 28.6. The van der Waals surface area contributed by atoms with Gasteiger partial charge in [-0.15, -0.1) is 11.3 Å². The summed E-state index contributed by atoms with van der Waals surface area (Å²) < 4.78 is 5.03.